The second-order valence-electron chi connectivity index (χ2n) is 7.61. The Kier molecular flexibility index (Phi) is 7.44. The van der Waals surface area contributed by atoms with Gasteiger partial charge in [-0.05, 0) is 37.8 Å². The van der Waals surface area contributed by atoms with Crippen LogP contribution in [0.15, 0.2) is 34.1 Å². The highest BCUT2D eigenvalue weighted by molar-refractivity contribution is 8.00. The van der Waals surface area contributed by atoms with E-state index in [-0.39, 0.29) is 23.0 Å². The molecule has 3 rings (SSSR count). The predicted molar refractivity (Wildman–Crippen MR) is 113 cm³/mol. The number of quaternary nitrogens is 1. The molecule has 1 aliphatic carbocycles. The van der Waals surface area contributed by atoms with Crippen LogP contribution in [0.3, 0.4) is 0 Å². The third-order valence-corrected chi connectivity index (χ3v) is 6.01. The zero-order valence-electron chi connectivity index (χ0n) is 17.0. The molecule has 1 aromatic carbocycles. The number of amides is 1. The van der Waals surface area contributed by atoms with Crippen molar-refractivity contribution in [2.75, 3.05) is 31.7 Å². The fourth-order valence-electron chi connectivity index (χ4n) is 3.57. The quantitative estimate of drug-likeness (QED) is 0.503. The Labute approximate surface area is 174 Å². The minimum Gasteiger partial charge on any atom is -0.340 e. The number of rotatable bonds is 8. The highest BCUT2D eigenvalue weighted by atomic mass is 32.2. The van der Waals surface area contributed by atoms with Crippen molar-refractivity contribution in [3.8, 4) is 0 Å². The maximum absolute atomic E-state index is 13.7. The predicted octanol–water partition coefficient (Wildman–Crippen LogP) is 1.53. The summed E-state index contributed by atoms with van der Waals surface area (Å²) in [4.78, 5) is 30.5. The maximum Gasteiger partial charge on any atom is 0.348 e. The first kappa shape index (κ1) is 21.5. The van der Waals surface area contributed by atoms with Crippen molar-refractivity contribution in [2.45, 2.75) is 43.7 Å². The Morgan fingerprint density at radius 1 is 1.28 bits per heavy atom. The van der Waals surface area contributed by atoms with Crippen molar-refractivity contribution >= 4 is 23.4 Å². The van der Waals surface area contributed by atoms with E-state index in [2.05, 4.69) is 24.4 Å². The number of nitrogens with zero attached hydrogens (tertiary/aromatic N) is 2. The van der Waals surface area contributed by atoms with Gasteiger partial charge in [-0.3, -0.25) is 9.36 Å². The molecule has 0 aliphatic heterocycles. The highest BCUT2D eigenvalue weighted by Gasteiger charge is 2.21. The molecular formula is C21H28FN4O2S+. The molecular weight excluding hydrogens is 391 g/mol. The number of hydrogen-bond donors (Lipinski definition) is 2. The molecule has 1 aromatic heterocycles. The van der Waals surface area contributed by atoms with Crippen molar-refractivity contribution < 1.29 is 14.1 Å². The number of anilines is 1. The van der Waals surface area contributed by atoms with Crippen LogP contribution >= 0.6 is 11.8 Å². The molecule has 0 fully saturated rings. The van der Waals surface area contributed by atoms with Crippen LogP contribution in [0, 0.1) is 5.82 Å². The van der Waals surface area contributed by atoms with E-state index < -0.39 is 5.82 Å². The number of benzene rings is 1. The number of hydrogen-bond acceptors (Lipinski definition) is 4. The number of halogens is 1. The molecule has 8 heteroatoms. The number of aromatic nitrogens is 2. The van der Waals surface area contributed by atoms with Crippen LogP contribution in [0.2, 0.25) is 0 Å². The summed E-state index contributed by atoms with van der Waals surface area (Å²) in [6, 6.07) is 6.07. The molecule has 29 heavy (non-hydrogen) atoms. The standard InChI is InChI=1S/C21H27FN4O2S/c1-25(2)12-7-13-26-18-11-6-3-8-15(18)20(24-21(26)28)29-14-19(27)23-17-10-5-4-9-16(17)22/h4-5,9-10H,3,6-8,11-14H2,1-2H3,(H,23,27)/p+1. The summed E-state index contributed by atoms with van der Waals surface area (Å²) in [5.41, 5.74) is 2.08. The minimum absolute atomic E-state index is 0.0845. The molecule has 1 amide bonds. The molecule has 0 spiro atoms. The summed E-state index contributed by atoms with van der Waals surface area (Å²) >= 11 is 1.26. The van der Waals surface area contributed by atoms with Gasteiger partial charge in [0.15, 0.2) is 0 Å². The summed E-state index contributed by atoms with van der Waals surface area (Å²) in [5.74, 6) is -0.700. The van der Waals surface area contributed by atoms with Gasteiger partial charge in [-0.25, -0.2) is 9.18 Å². The summed E-state index contributed by atoms with van der Waals surface area (Å²) < 4.78 is 15.5. The summed E-state index contributed by atoms with van der Waals surface area (Å²) in [6.45, 7) is 1.67. The van der Waals surface area contributed by atoms with Crippen LogP contribution in [-0.4, -0.2) is 41.9 Å². The molecule has 2 N–H and O–H groups in total. The van der Waals surface area contributed by atoms with Crippen LogP contribution in [0.4, 0.5) is 10.1 Å². The second kappa shape index (κ2) is 10.0. The molecule has 0 saturated carbocycles. The van der Waals surface area contributed by atoms with Crippen molar-refractivity contribution in [2.24, 2.45) is 0 Å². The molecule has 6 nitrogen and oxygen atoms in total. The van der Waals surface area contributed by atoms with E-state index in [4.69, 9.17) is 0 Å². The third-order valence-electron chi connectivity index (χ3n) is 5.00. The first-order chi connectivity index (χ1) is 14.0. The van der Waals surface area contributed by atoms with Gasteiger partial charge in [-0.1, -0.05) is 23.9 Å². The van der Waals surface area contributed by atoms with Gasteiger partial charge in [-0.15, -0.1) is 0 Å². The zero-order valence-corrected chi connectivity index (χ0v) is 17.8. The van der Waals surface area contributed by atoms with Crippen LogP contribution in [-0.2, 0) is 24.2 Å². The Balaban J connectivity index is 1.72. The van der Waals surface area contributed by atoms with Gasteiger partial charge in [0.2, 0.25) is 5.91 Å². The van der Waals surface area contributed by atoms with E-state index in [9.17, 15) is 14.0 Å². The van der Waals surface area contributed by atoms with Crippen molar-refractivity contribution in [1.82, 2.24) is 9.55 Å². The second-order valence-corrected chi connectivity index (χ2v) is 8.57. The number of nitrogens with one attached hydrogen (secondary N) is 2. The van der Waals surface area contributed by atoms with E-state index in [1.807, 2.05) is 4.57 Å². The molecule has 0 unspecified atom stereocenters. The molecule has 0 saturated heterocycles. The van der Waals surface area contributed by atoms with Gasteiger partial charge in [-0.2, -0.15) is 4.98 Å². The van der Waals surface area contributed by atoms with Crippen LogP contribution < -0.4 is 15.9 Å². The number of para-hydroxylation sites is 1. The van der Waals surface area contributed by atoms with Gasteiger partial charge in [0.05, 0.1) is 32.1 Å². The number of carbonyl (C=O) groups excluding carboxylic acids is 1. The first-order valence-corrected chi connectivity index (χ1v) is 11.0. The average Bonchev–Trinajstić information content (AvgIpc) is 2.69. The zero-order chi connectivity index (χ0) is 20.8. The average molecular weight is 420 g/mol. The Morgan fingerprint density at radius 2 is 2.03 bits per heavy atom. The van der Waals surface area contributed by atoms with Gasteiger partial charge in [0.25, 0.3) is 0 Å². The summed E-state index contributed by atoms with van der Waals surface area (Å²) in [5, 5.41) is 3.22. The third kappa shape index (κ3) is 5.67. The molecule has 0 bridgehead atoms. The van der Waals surface area contributed by atoms with E-state index >= 15 is 0 Å². The maximum atomic E-state index is 13.7. The minimum atomic E-state index is -0.469. The van der Waals surface area contributed by atoms with Gasteiger partial charge in [0, 0.05) is 24.2 Å². The van der Waals surface area contributed by atoms with Crippen LogP contribution in [0.25, 0.3) is 0 Å². The summed E-state index contributed by atoms with van der Waals surface area (Å²) in [6.07, 6.45) is 4.79. The Hall–Kier alpha value is -2.19. The molecule has 0 atom stereocenters. The van der Waals surface area contributed by atoms with E-state index in [0.717, 1.165) is 49.9 Å². The molecule has 156 valence electrons. The lowest BCUT2D eigenvalue weighted by molar-refractivity contribution is -0.858. The SMILES string of the molecule is C[NH+](C)CCCn1c2c(c(SCC(=O)Nc3ccccc3F)nc1=O)CCCC2. The summed E-state index contributed by atoms with van der Waals surface area (Å²) in [7, 11) is 4.20. The van der Waals surface area contributed by atoms with Crippen molar-refractivity contribution in [3.05, 3.63) is 51.8 Å². The normalized spacial score (nSPS) is 13.4. The lowest BCUT2D eigenvalue weighted by atomic mass is 9.97. The van der Waals surface area contributed by atoms with Gasteiger partial charge in [0.1, 0.15) is 10.8 Å². The lowest BCUT2D eigenvalue weighted by Crippen LogP contribution is -3.05. The molecule has 1 aliphatic rings. The van der Waals surface area contributed by atoms with Gasteiger partial charge >= 0.3 is 5.69 Å². The van der Waals surface area contributed by atoms with E-state index in [1.165, 1.54) is 28.8 Å². The highest BCUT2D eigenvalue weighted by Crippen LogP contribution is 2.28. The van der Waals surface area contributed by atoms with Crippen LogP contribution in [0.5, 0.6) is 0 Å². The number of fused-ring (bicyclic) bond motifs is 1. The molecule has 0 radical (unpaired) electrons. The Bertz CT molecular complexity index is 929. The number of thioether (sulfide) groups is 1. The van der Waals surface area contributed by atoms with Crippen LogP contribution in [0.1, 0.15) is 30.5 Å². The fraction of sp³-hybridized carbons (Fsp3) is 0.476. The first-order valence-electron chi connectivity index (χ1n) is 10.0. The number of carbonyl (C=O) groups is 1. The van der Waals surface area contributed by atoms with Crippen molar-refractivity contribution in [1.29, 1.82) is 0 Å². The van der Waals surface area contributed by atoms with E-state index in [1.54, 1.807) is 12.1 Å². The molecule has 2 aromatic rings. The fourth-order valence-corrected chi connectivity index (χ4v) is 4.45. The monoisotopic (exact) mass is 419 g/mol. The topological polar surface area (TPSA) is 68.4 Å². The lowest BCUT2D eigenvalue weighted by Gasteiger charge is -2.22. The van der Waals surface area contributed by atoms with Crippen molar-refractivity contribution in [3.63, 3.8) is 0 Å². The Morgan fingerprint density at radius 3 is 2.79 bits per heavy atom. The van der Waals surface area contributed by atoms with E-state index in [0.29, 0.717) is 11.6 Å². The van der Waals surface area contributed by atoms with Gasteiger partial charge < -0.3 is 10.2 Å². The molecule has 1 heterocycles. The smallest absolute Gasteiger partial charge is 0.340 e. The largest absolute Gasteiger partial charge is 0.348 e.